The van der Waals surface area contributed by atoms with Crippen molar-refractivity contribution in [1.29, 1.82) is 0 Å². The van der Waals surface area contributed by atoms with Gasteiger partial charge in [-0.05, 0) is 12.1 Å². The Bertz CT molecular complexity index is 565. The summed E-state index contributed by atoms with van der Waals surface area (Å²) in [6.45, 7) is 0. The van der Waals surface area contributed by atoms with Crippen LogP contribution in [-0.4, -0.2) is 21.8 Å². The standard InChI is InChI=1S/C10H9F3N4/c1-14-10-16-15-9(17(10)2)5-3-4-6(11)8(13)7(5)12/h3-4H,1-2H3,(H,14,16). The second-order valence-corrected chi connectivity index (χ2v) is 3.38. The zero-order valence-electron chi connectivity index (χ0n) is 9.13. The number of benzene rings is 1. The van der Waals surface area contributed by atoms with Crippen LogP contribution in [0.1, 0.15) is 0 Å². The fraction of sp³-hybridized carbons (Fsp3) is 0.200. The van der Waals surface area contributed by atoms with E-state index in [-0.39, 0.29) is 11.4 Å². The molecule has 0 atom stereocenters. The second kappa shape index (κ2) is 4.08. The third-order valence-corrected chi connectivity index (χ3v) is 2.37. The van der Waals surface area contributed by atoms with Gasteiger partial charge in [0.15, 0.2) is 23.3 Å². The fourth-order valence-electron chi connectivity index (χ4n) is 1.48. The van der Waals surface area contributed by atoms with E-state index in [1.807, 2.05) is 0 Å². The lowest BCUT2D eigenvalue weighted by atomic mass is 10.2. The Morgan fingerprint density at radius 1 is 1.12 bits per heavy atom. The van der Waals surface area contributed by atoms with E-state index < -0.39 is 17.5 Å². The van der Waals surface area contributed by atoms with Crippen molar-refractivity contribution in [2.24, 2.45) is 7.05 Å². The molecule has 0 saturated carbocycles. The highest BCUT2D eigenvalue weighted by Gasteiger charge is 2.19. The number of anilines is 1. The number of nitrogens with one attached hydrogen (secondary N) is 1. The van der Waals surface area contributed by atoms with Gasteiger partial charge in [-0.2, -0.15) is 0 Å². The van der Waals surface area contributed by atoms with Gasteiger partial charge in [0.1, 0.15) is 0 Å². The van der Waals surface area contributed by atoms with Crippen molar-refractivity contribution in [3.63, 3.8) is 0 Å². The molecule has 0 aliphatic carbocycles. The maximum Gasteiger partial charge on any atom is 0.224 e. The first kappa shape index (κ1) is 11.4. The van der Waals surface area contributed by atoms with Gasteiger partial charge in [-0.3, -0.25) is 4.57 Å². The molecule has 0 fully saturated rings. The molecule has 0 amide bonds. The molecule has 0 unspecified atom stereocenters. The SMILES string of the molecule is CNc1nnc(-c2ccc(F)c(F)c2F)n1C. The average molecular weight is 242 g/mol. The summed E-state index contributed by atoms with van der Waals surface area (Å²) in [4.78, 5) is 0. The molecule has 4 nitrogen and oxygen atoms in total. The molecule has 0 aliphatic heterocycles. The summed E-state index contributed by atoms with van der Waals surface area (Å²) >= 11 is 0. The van der Waals surface area contributed by atoms with Gasteiger partial charge in [0.25, 0.3) is 0 Å². The van der Waals surface area contributed by atoms with Crippen LogP contribution in [0.15, 0.2) is 12.1 Å². The highest BCUT2D eigenvalue weighted by molar-refractivity contribution is 5.58. The van der Waals surface area contributed by atoms with E-state index in [0.29, 0.717) is 5.95 Å². The summed E-state index contributed by atoms with van der Waals surface area (Å²) in [7, 11) is 3.21. The van der Waals surface area contributed by atoms with Crippen molar-refractivity contribution < 1.29 is 13.2 Å². The zero-order chi connectivity index (χ0) is 12.6. The summed E-state index contributed by atoms with van der Waals surface area (Å²) in [6, 6.07) is 1.97. The first-order valence-electron chi connectivity index (χ1n) is 4.77. The molecule has 1 aromatic carbocycles. The van der Waals surface area contributed by atoms with Crippen molar-refractivity contribution >= 4 is 5.95 Å². The van der Waals surface area contributed by atoms with Gasteiger partial charge < -0.3 is 5.32 Å². The first-order chi connectivity index (χ1) is 8.06. The van der Waals surface area contributed by atoms with Crippen LogP contribution in [0, 0.1) is 17.5 Å². The number of aromatic nitrogens is 3. The molecule has 0 aliphatic rings. The smallest absolute Gasteiger partial charge is 0.224 e. The largest absolute Gasteiger partial charge is 0.357 e. The minimum atomic E-state index is -1.52. The summed E-state index contributed by atoms with van der Waals surface area (Å²) in [5.74, 6) is -3.52. The molecule has 0 saturated heterocycles. The lowest BCUT2D eigenvalue weighted by Crippen LogP contribution is -2.02. The molecule has 2 aromatic rings. The van der Waals surface area contributed by atoms with Crippen molar-refractivity contribution in [1.82, 2.24) is 14.8 Å². The molecule has 0 radical (unpaired) electrons. The van der Waals surface area contributed by atoms with Gasteiger partial charge in [0, 0.05) is 14.1 Å². The van der Waals surface area contributed by atoms with E-state index in [0.717, 1.165) is 12.1 Å². The van der Waals surface area contributed by atoms with E-state index in [1.54, 1.807) is 14.1 Å². The molecule has 1 heterocycles. The Morgan fingerprint density at radius 2 is 1.82 bits per heavy atom. The molecular formula is C10H9F3N4. The van der Waals surface area contributed by atoms with Crippen molar-refractivity contribution in [3.8, 4) is 11.4 Å². The lowest BCUT2D eigenvalue weighted by molar-refractivity contribution is 0.448. The summed E-state index contributed by atoms with van der Waals surface area (Å²) in [6.07, 6.45) is 0. The summed E-state index contributed by atoms with van der Waals surface area (Å²) in [5, 5.41) is 10.2. The molecule has 1 N–H and O–H groups in total. The zero-order valence-corrected chi connectivity index (χ0v) is 9.13. The molecule has 0 bridgehead atoms. The molecular weight excluding hydrogens is 233 g/mol. The van der Waals surface area contributed by atoms with Gasteiger partial charge >= 0.3 is 0 Å². The minimum Gasteiger partial charge on any atom is -0.357 e. The van der Waals surface area contributed by atoms with Gasteiger partial charge in [0.2, 0.25) is 5.95 Å². The van der Waals surface area contributed by atoms with Crippen LogP contribution in [0.4, 0.5) is 19.1 Å². The van der Waals surface area contributed by atoms with E-state index in [1.165, 1.54) is 4.57 Å². The van der Waals surface area contributed by atoms with E-state index in [9.17, 15) is 13.2 Å². The van der Waals surface area contributed by atoms with Crippen LogP contribution in [-0.2, 0) is 7.05 Å². The Labute approximate surface area is 95.1 Å². The van der Waals surface area contributed by atoms with Gasteiger partial charge in [-0.25, -0.2) is 13.2 Å². The number of nitrogens with zero attached hydrogens (tertiary/aromatic N) is 3. The van der Waals surface area contributed by atoms with Crippen molar-refractivity contribution in [2.75, 3.05) is 12.4 Å². The van der Waals surface area contributed by atoms with Gasteiger partial charge in [-0.1, -0.05) is 0 Å². The normalized spacial score (nSPS) is 10.6. The highest BCUT2D eigenvalue weighted by atomic mass is 19.2. The second-order valence-electron chi connectivity index (χ2n) is 3.38. The summed E-state index contributed by atoms with van der Waals surface area (Å²) < 4.78 is 40.8. The Morgan fingerprint density at radius 3 is 2.41 bits per heavy atom. The number of halogens is 3. The quantitative estimate of drug-likeness (QED) is 0.818. The third-order valence-electron chi connectivity index (χ3n) is 2.37. The van der Waals surface area contributed by atoms with Crippen LogP contribution in [0.25, 0.3) is 11.4 Å². The maximum absolute atomic E-state index is 13.5. The monoisotopic (exact) mass is 242 g/mol. The van der Waals surface area contributed by atoms with E-state index in [2.05, 4.69) is 15.5 Å². The molecule has 90 valence electrons. The van der Waals surface area contributed by atoms with Gasteiger partial charge in [-0.15, -0.1) is 10.2 Å². The first-order valence-corrected chi connectivity index (χ1v) is 4.77. The molecule has 7 heteroatoms. The lowest BCUT2D eigenvalue weighted by Gasteiger charge is -2.05. The minimum absolute atomic E-state index is 0.116. The number of rotatable bonds is 2. The molecule has 0 spiro atoms. The van der Waals surface area contributed by atoms with Crippen LogP contribution in [0.2, 0.25) is 0 Å². The van der Waals surface area contributed by atoms with Crippen molar-refractivity contribution in [3.05, 3.63) is 29.6 Å². The molecule has 17 heavy (non-hydrogen) atoms. The van der Waals surface area contributed by atoms with E-state index in [4.69, 9.17) is 0 Å². The van der Waals surface area contributed by atoms with E-state index >= 15 is 0 Å². The Balaban J connectivity index is 2.61. The predicted octanol–water partition coefficient (Wildman–Crippen LogP) is 1.94. The van der Waals surface area contributed by atoms with Crippen LogP contribution >= 0.6 is 0 Å². The Kier molecular flexibility index (Phi) is 2.74. The fourth-order valence-corrected chi connectivity index (χ4v) is 1.48. The maximum atomic E-state index is 13.5. The number of hydrogen-bond acceptors (Lipinski definition) is 3. The highest BCUT2D eigenvalue weighted by Crippen LogP contribution is 2.25. The van der Waals surface area contributed by atoms with Crippen LogP contribution < -0.4 is 5.32 Å². The van der Waals surface area contributed by atoms with Crippen molar-refractivity contribution in [2.45, 2.75) is 0 Å². The van der Waals surface area contributed by atoms with Gasteiger partial charge in [0.05, 0.1) is 5.56 Å². The molecule has 1 aromatic heterocycles. The van der Waals surface area contributed by atoms with Crippen LogP contribution in [0.5, 0.6) is 0 Å². The summed E-state index contributed by atoms with van der Waals surface area (Å²) in [5.41, 5.74) is -0.139. The van der Waals surface area contributed by atoms with Crippen LogP contribution in [0.3, 0.4) is 0 Å². The Hall–Kier alpha value is -2.05. The third kappa shape index (κ3) is 1.73. The predicted molar refractivity (Wildman–Crippen MR) is 55.9 cm³/mol. The number of hydrogen-bond donors (Lipinski definition) is 1. The molecule has 2 rings (SSSR count). The average Bonchev–Trinajstić information content (AvgIpc) is 2.68. The topological polar surface area (TPSA) is 42.7 Å².